The van der Waals surface area contributed by atoms with E-state index in [1.165, 1.54) is 6.20 Å². The molecular weight excluding hydrogens is 461 g/mol. The molecule has 0 saturated heterocycles. The zero-order chi connectivity index (χ0) is 24.0. The van der Waals surface area contributed by atoms with Crippen molar-refractivity contribution in [2.45, 2.75) is 32.2 Å². The SMILES string of the molecule is Cc1c(-c2cc3cc(N(C(=O)O)[C@H]4CCC[C@H]4C#N)ncc3c(Cl)c2F)cnc2c1NCCO2. The summed E-state index contributed by atoms with van der Waals surface area (Å²) in [7, 11) is 0. The molecule has 1 aromatic carbocycles. The molecule has 1 fully saturated rings. The fraction of sp³-hybridized carbons (Fsp3) is 0.333. The van der Waals surface area contributed by atoms with Gasteiger partial charge in [0.05, 0.1) is 23.1 Å². The summed E-state index contributed by atoms with van der Waals surface area (Å²) in [6.45, 7) is 2.96. The van der Waals surface area contributed by atoms with Crippen molar-refractivity contribution < 1.29 is 19.0 Å². The maximum Gasteiger partial charge on any atom is 0.413 e. The zero-order valence-electron chi connectivity index (χ0n) is 18.3. The van der Waals surface area contributed by atoms with Crippen LogP contribution in [0, 0.1) is 30.0 Å². The highest BCUT2D eigenvalue weighted by atomic mass is 35.5. The second-order valence-corrected chi connectivity index (χ2v) is 8.83. The van der Waals surface area contributed by atoms with Crippen LogP contribution in [0.1, 0.15) is 24.8 Å². The maximum absolute atomic E-state index is 15.4. The molecule has 2 N–H and O–H groups in total. The Morgan fingerprint density at radius 2 is 2.15 bits per heavy atom. The van der Waals surface area contributed by atoms with E-state index in [-0.39, 0.29) is 16.4 Å². The highest BCUT2D eigenvalue weighted by Gasteiger charge is 2.36. The van der Waals surface area contributed by atoms with E-state index >= 15 is 4.39 Å². The van der Waals surface area contributed by atoms with E-state index in [2.05, 4.69) is 21.4 Å². The van der Waals surface area contributed by atoms with E-state index in [1.807, 2.05) is 6.92 Å². The number of carboxylic acid groups (broad SMARTS) is 1. The lowest BCUT2D eigenvalue weighted by Gasteiger charge is -2.27. The largest absolute Gasteiger partial charge is 0.474 e. The topological polar surface area (TPSA) is 111 Å². The van der Waals surface area contributed by atoms with E-state index in [1.54, 1.807) is 18.3 Å². The Hall–Kier alpha value is -3.64. The van der Waals surface area contributed by atoms with Crippen molar-refractivity contribution in [2.75, 3.05) is 23.4 Å². The molecule has 8 nitrogen and oxygen atoms in total. The summed E-state index contributed by atoms with van der Waals surface area (Å²) in [5, 5.41) is 23.4. The molecule has 2 aromatic heterocycles. The van der Waals surface area contributed by atoms with Crippen LogP contribution < -0.4 is 15.0 Å². The summed E-state index contributed by atoms with van der Waals surface area (Å²) in [4.78, 5) is 21.9. The number of pyridine rings is 2. The van der Waals surface area contributed by atoms with Crippen LogP contribution >= 0.6 is 11.6 Å². The van der Waals surface area contributed by atoms with Crippen LogP contribution in [0.2, 0.25) is 5.02 Å². The summed E-state index contributed by atoms with van der Waals surface area (Å²) in [6, 6.07) is 4.92. The molecule has 1 amide bonds. The fourth-order valence-corrected chi connectivity index (χ4v) is 5.11. The molecule has 0 spiro atoms. The van der Waals surface area contributed by atoms with Gasteiger partial charge in [-0.1, -0.05) is 11.6 Å². The quantitative estimate of drug-likeness (QED) is 0.516. The fourth-order valence-electron chi connectivity index (χ4n) is 4.85. The van der Waals surface area contributed by atoms with Gasteiger partial charge in [0.2, 0.25) is 5.88 Å². The summed E-state index contributed by atoms with van der Waals surface area (Å²) in [6.07, 6.45) is 3.72. The van der Waals surface area contributed by atoms with E-state index in [9.17, 15) is 15.2 Å². The number of ether oxygens (including phenoxy) is 1. The number of carbonyl (C=O) groups is 1. The van der Waals surface area contributed by atoms with Gasteiger partial charge in [-0.05, 0) is 49.3 Å². The van der Waals surface area contributed by atoms with Gasteiger partial charge in [0.15, 0.2) is 0 Å². The zero-order valence-corrected chi connectivity index (χ0v) is 19.1. The normalized spacial score (nSPS) is 19.1. The molecule has 0 unspecified atom stereocenters. The number of hydrogen-bond acceptors (Lipinski definition) is 6. The molecule has 174 valence electrons. The van der Waals surface area contributed by atoms with Crippen LogP contribution in [-0.4, -0.2) is 40.4 Å². The van der Waals surface area contributed by atoms with Crippen LogP contribution in [0.3, 0.4) is 0 Å². The van der Waals surface area contributed by atoms with Crippen LogP contribution in [0.5, 0.6) is 5.88 Å². The number of halogens is 2. The Bertz CT molecular complexity index is 1360. The lowest BCUT2D eigenvalue weighted by Crippen LogP contribution is -2.42. The molecule has 34 heavy (non-hydrogen) atoms. The summed E-state index contributed by atoms with van der Waals surface area (Å²) in [5.41, 5.74) is 2.26. The van der Waals surface area contributed by atoms with Gasteiger partial charge >= 0.3 is 6.09 Å². The molecule has 3 aromatic rings. The minimum Gasteiger partial charge on any atom is -0.474 e. The first-order chi connectivity index (χ1) is 16.4. The molecule has 2 aliphatic rings. The predicted octanol–water partition coefficient (Wildman–Crippen LogP) is 5.38. The van der Waals surface area contributed by atoms with Crippen molar-refractivity contribution in [1.29, 1.82) is 5.26 Å². The van der Waals surface area contributed by atoms with Crippen molar-refractivity contribution in [3.05, 3.63) is 40.9 Å². The van der Waals surface area contributed by atoms with Crippen LogP contribution in [0.25, 0.3) is 21.9 Å². The van der Waals surface area contributed by atoms with Gasteiger partial charge in [0, 0.05) is 35.5 Å². The second-order valence-electron chi connectivity index (χ2n) is 8.45. The molecule has 1 aliphatic carbocycles. The van der Waals surface area contributed by atoms with Crippen molar-refractivity contribution >= 4 is 40.0 Å². The Balaban J connectivity index is 1.65. The number of nitrogens with one attached hydrogen (secondary N) is 1. The minimum absolute atomic E-state index is 0.106. The first-order valence-corrected chi connectivity index (χ1v) is 11.3. The number of anilines is 2. The monoisotopic (exact) mass is 481 g/mol. The minimum atomic E-state index is -1.19. The summed E-state index contributed by atoms with van der Waals surface area (Å²) in [5.74, 6) is -0.372. The molecule has 1 saturated carbocycles. The first-order valence-electron chi connectivity index (χ1n) is 11.0. The third-order valence-electron chi connectivity index (χ3n) is 6.55. The average molecular weight is 482 g/mol. The number of amides is 1. The molecule has 2 atom stereocenters. The van der Waals surface area contributed by atoms with Crippen molar-refractivity contribution in [1.82, 2.24) is 9.97 Å². The molecular formula is C24H21ClFN5O3. The number of benzene rings is 1. The van der Waals surface area contributed by atoms with E-state index in [0.717, 1.165) is 16.9 Å². The molecule has 0 radical (unpaired) electrons. The Morgan fingerprint density at radius 3 is 2.91 bits per heavy atom. The van der Waals surface area contributed by atoms with Gasteiger partial charge in [-0.2, -0.15) is 5.26 Å². The van der Waals surface area contributed by atoms with Crippen LogP contribution in [0.15, 0.2) is 24.5 Å². The first kappa shape index (κ1) is 22.2. The summed E-state index contributed by atoms with van der Waals surface area (Å²) >= 11 is 6.40. The molecule has 10 heteroatoms. The Kier molecular flexibility index (Phi) is 5.62. The number of aromatic nitrogens is 2. The van der Waals surface area contributed by atoms with Crippen LogP contribution in [0.4, 0.5) is 20.7 Å². The standard InChI is InChI=1S/C24H21ClFN5O3/c1-12-16(10-30-23-22(12)28-5-6-34-23)15-7-14-8-19(29-11-17(14)20(25)21(15)26)31(24(32)33)18-4-2-3-13(18)9-27/h7-8,10-11,13,18,28H,2-6H2,1H3,(H,32,33)/t13-,18-/m0/s1. The molecule has 5 rings (SSSR count). The van der Waals surface area contributed by atoms with Gasteiger partial charge in [-0.25, -0.2) is 19.2 Å². The third kappa shape index (κ3) is 3.55. The Labute approximate surface area is 199 Å². The lowest BCUT2D eigenvalue weighted by molar-refractivity contribution is 0.197. The lowest BCUT2D eigenvalue weighted by atomic mass is 9.98. The third-order valence-corrected chi connectivity index (χ3v) is 6.92. The summed E-state index contributed by atoms with van der Waals surface area (Å²) < 4.78 is 20.9. The average Bonchev–Trinajstić information content (AvgIpc) is 3.30. The van der Waals surface area contributed by atoms with Gasteiger partial charge in [-0.15, -0.1) is 0 Å². The van der Waals surface area contributed by atoms with Crippen LogP contribution in [-0.2, 0) is 0 Å². The van der Waals surface area contributed by atoms with Gasteiger partial charge in [0.1, 0.15) is 23.9 Å². The highest BCUT2D eigenvalue weighted by molar-refractivity contribution is 6.36. The number of fused-ring (bicyclic) bond motifs is 2. The number of rotatable bonds is 3. The van der Waals surface area contributed by atoms with Crippen molar-refractivity contribution in [2.24, 2.45) is 5.92 Å². The smallest absolute Gasteiger partial charge is 0.413 e. The predicted molar refractivity (Wildman–Crippen MR) is 126 cm³/mol. The van der Waals surface area contributed by atoms with Gasteiger partial charge < -0.3 is 15.2 Å². The highest BCUT2D eigenvalue weighted by Crippen LogP contribution is 2.41. The number of nitriles is 1. The van der Waals surface area contributed by atoms with Gasteiger partial charge in [-0.3, -0.25) is 4.90 Å². The van der Waals surface area contributed by atoms with E-state index < -0.39 is 23.9 Å². The molecule has 0 bridgehead atoms. The number of nitrogens with zero attached hydrogens (tertiary/aromatic N) is 4. The van der Waals surface area contributed by atoms with Gasteiger partial charge in [0.25, 0.3) is 0 Å². The van der Waals surface area contributed by atoms with Crippen molar-refractivity contribution in [3.8, 4) is 23.1 Å². The maximum atomic E-state index is 15.4. The van der Waals surface area contributed by atoms with E-state index in [0.29, 0.717) is 53.9 Å². The van der Waals surface area contributed by atoms with E-state index in [4.69, 9.17) is 16.3 Å². The molecule has 1 aliphatic heterocycles. The van der Waals surface area contributed by atoms with Crippen molar-refractivity contribution in [3.63, 3.8) is 0 Å². The Morgan fingerprint density at radius 1 is 1.32 bits per heavy atom. The second kappa shape index (κ2) is 8.61. The molecule has 3 heterocycles. The number of hydrogen-bond donors (Lipinski definition) is 2.